The van der Waals surface area contributed by atoms with Crippen molar-refractivity contribution in [3.63, 3.8) is 0 Å². The number of benzene rings is 2. The second-order valence-corrected chi connectivity index (χ2v) is 13.0. The number of rotatable bonds is 8. The van der Waals surface area contributed by atoms with E-state index in [9.17, 15) is 19.2 Å². The number of piperidine rings is 1. The van der Waals surface area contributed by atoms with Gasteiger partial charge in [-0.1, -0.05) is 70.5 Å². The largest absolute Gasteiger partial charge is 0.491 e. The Bertz CT molecular complexity index is 1310. The highest BCUT2D eigenvalue weighted by Crippen LogP contribution is 2.20. The van der Waals surface area contributed by atoms with Crippen molar-refractivity contribution in [2.45, 2.75) is 91.0 Å². The number of hydrogen-bond donors (Lipinski definition) is 4. The van der Waals surface area contributed by atoms with Crippen LogP contribution in [0.25, 0.3) is 0 Å². The molecule has 2 aromatic carbocycles. The molecule has 2 heterocycles. The quantitative estimate of drug-likeness (QED) is 0.358. The van der Waals surface area contributed by atoms with Gasteiger partial charge in [0.25, 0.3) is 5.91 Å². The number of nitrogens with one attached hydrogen (secondary N) is 4. The van der Waals surface area contributed by atoms with E-state index in [0.717, 1.165) is 25.2 Å². The fourth-order valence-corrected chi connectivity index (χ4v) is 5.85. The number of ether oxygens (including phenoxy) is 1. The summed E-state index contributed by atoms with van der Waals surface area (Å²) in [5.41, 5.74) is 2.38. The zero-order chi connectivity index (χ0) is 32.3. The molecular formula is C35H49N5O5. The Balaban J connectivity index is 1.49. The van der Waals surface area contributed by atoms with E-state index >= 15 is 0 Å². The van der Waals surface area contributed by atoms with Crippen LogP contribution in [0, 0.1) is 11.8 Å². The SMILES string of the molecule is CC(C)C[C@@H]1COc2ccccc2C(=O)N[C@H](C(=O)NCc2ccc(CN3CCCCC3)cc2)CC(=O)N[C@H](C(C)C)C(=O)N1. The van der Waals surface area contributed by atoms with Crippen molar-refractivity contribution in [1.29, 1.82) is 0 Å². The zero-order valence-electron chi connectivity index (χ0n) is 27.1. The maximum Gasteiger partial charge on any atom is 0.255 e. The summed E-state index contributed by atoms with van der Waals surface area (Å²) in [6.45, 7) is 11.3. The van der Waals surface area contributed by atoms with E-state index in [2.05, 4.69) is 52.1 Å². The molecule has 244 valence electrons. The molecule has 0 aromatic heterocycles. The summed E-state index contributed by atoms with van der Waals surface area (Å²) in [4.78, 5) is 56.0. The molecule has 1 fully saturated rings. The van der Waals surface area contributed by atoms with Gasteiger partial charge in [-0.2, -0.15) is 0 Å². The highest BCUT2D eigenvalue weighted by molar-refractivity contribution is 6.01. The van der Waals surface area contributed by atoms with Crippen LogP contribution in [0.5, 0.6) is 5.75 Å². The third-order valence-corrected chi connectivity index (χ3v) is 8.30. The molecule has 2 aromatic rings. The lowest BCUT2D eigenvalue weighted by molar-refractivity contribution is -0.132. The van der Waals surface area contributed by atoms with E-state index in [1.165, 1.54) is 24.8 Å². The number of fused-ring (bicyclic) bond motifs is 1. The predicted molar refractivity (Wildman–Crippen MR) is 173 cm³/mol. The molecule has 10 heteroatoms. The molecule has 1 saturated heterocycles. The first-order chi connectivity index (χ1) is 21.6. The maximum atomic E-state index is 13.5. The van der Waals surface area contributed by atoms with Gasteiger partial charge in [0.15, 0.2) is 0 Å². The van der Waals surface area contributed by atoms with Crippen LogP contribution in [0.3, 0.4) is 0 Å². The standard InChI is InChI=1S/C35H49N5O5/c1-23(2)18-27-22-45-30-11-7-6-10-28(30)33(42)38-29(19-31(41)39-32(24(3)4)35(44)37-27)34(43)36-20-25-12-14-26(15-13-25)21-40-16-8-5-9-17-40/h6-7,10-15,23-24,27,29,32H,5,8-9,16-22H2,1-4H3,(H,36,43)(H,37,44)(H,38,42)(H,39,41)/t27-,29+,32-/m1/s1. The summed E-state index contributed by atoms with van der Waals surface area (Å²) in [7, 11) is 0. The number of carbonyl (C=O) groups is 4. The molecule has 4 N–H and O–H groups in total. The maximum absolute atomic E-state index is 13.5. The molecule has 45 heavy (non-hydrogen) atoms. The molecule has 0 radical (unpaired) electrons. The van der Waals surface area contributed by atoms with Crippen LogP contribution in [0.1, 0.15) is 81.3 Å². The van der Waals surface area contributed by atoms with E-state index in [1.54, 1.807) is 24.3 Å². The van der Waals surface area contributed by atoms with Gasteiger partial charge in [0.1, 0.15) is 24.4 Å². The van der Waals surface area contributed by atoms with Gasteiger partial charge in [-0.3, -0.25) is 24.1 Å². The van der Waals surface area contributed by atoms with Gasteiger partial charge in [-0.25, -0.2) is 0 Å². The number of carbonyl (C=O) groups excluding carboxylic acids is 4. The summed E-state index contributed by atoms with van der Waals surface area (Å²) in [6.07, 6.45) is 4.10. The summed E-state index contributed by atoms with van der Waals surface area (Å²) in [5, 5.41) is 11.5. The number of likely N-dealkylation sites (tertiary alicyclic amines) is 1. The van der Waals surface area contributed by atoms with Gasteiger partial charge in [-0.15, -0.1) is 0 Å². The minimum Gasteiger partial charge on any atom is -0.491 e. The molecule has 2 aliphatic heterocycles. The summed E-state index contributed by atoms with van der Waals surface area (Å²) in [6, 6.07) is 12.6. The molecule has 0 saturated carbocycles. The van der Waals surface area contributed by atoms with E-state index < -0.39 is 29.8 Å². The molecule has 4 amide bonds. The van der Waals surface area contributed by atoms with Crippen LogP contribution in [-0.2, 0) is 27.5 Å². The second-order valence-electron chi connectivity index (χ2n) is 13.0. The zero-order valence-corrected chi connectivity index (χ0v) is 27.1. The first kappa shape index (κ1) is 34.0. The first-order valence-corrected chi connectivity index (χ1v) is 16.3. The Hall–Kier alpha value is -3.92. The van der Waals surface area contributed by atoms with Crippen LogP contribution in [0.4, 0.5) is 0 Å². The lowest BCUT2D eigenvalue weighted by Gasteiger charge is -2.28. The summed E-state index contributed by atoms with van der Waals surface area (Å²) < 4.78 is 6.07. The molecule has 0 bridgehead atoms. The summed E-state index contributed by atoms with van der Waals surface area (Å²) >= 11 is 0. The minimum absolute atomic E-state index is 0.147. The van der Waals surface area contributed by atoms with Crippen LogP contribution < -0.4 is 26.0 Å². The van der Waals surface area contributed by atoms with E-state index in [-0.39, 0.29) is 48.9 Å². The predicted octanol–water partition coefficient (Wildman–Crippen LogP) is 3.54. The average molecular weight is 620 g/mol. The van der Waals surface area contributed by atoms with Gasteiger partial charge in [-0.05, 0) is 67.4 Å². The molecule has 0 aliphatic carbocycles. The fourth-order valence-electron chi connectivity index (χ4n) is 5.85. The number of para-hydroxylation sites is 1. The van der Waals surface area contributed by atoms with E-state index in [1.807, 2.05) is 26.0 Å². The van der Waals surface area contributed by atoms with Crippen molar-refractivity contribution < 1.29 is 23.9 Å². The Morgan fingerprint density at radius 2 is 1.60 bits per heavy atom. The fraction of sp³-hybridized carbons (Fsp3) is 0.543. The third kappa shape index (κ3) is 10.3. The Labute approximate surface area is 267 Å². The monoisotopic (exact) mass is 619 g/mol. The molecule has 0 spiro atoms. The molecule has 3 atom stereocenters. The van der Waals surface area contributed by atoms with Gasteiger partial charge < -0.3 is 26.0 Å². The lowest BCUT2D eigenvalue weighted by atomic mass is 10.00. The van der Waals surface area contributed by atoms with Crippen molar-refractivity contribution in [2.24, 2.45) is 11.8 Å². The minimum atomic E-state index is -1.17. The van der Waals surface area contributed by atoms with Crippen LogP contribution in [0.2, 0.25) is 0 Å². The second kappa shape index (κ2) is 16.4. The lowest BCUT2D eigenvalue weighted by Crippen LogP contribution is -2.55. The van der Waals surface area contributed by atoms with E-state index in [0.29, 0.717) is 12.2 Å². The Kier molecular flexibility index (Phi) is 12.4. The van der Waals surface area contributed by atoms with Crippen molar-refractivity contribution in [3.8, 4) is 5.75 Å². The average Bonchev–Trinajstić information content (AvgIpc) is 3.01. The third-order valence-electron chi connectivity index (χ3n) is 8.30. The van der Waals surface area contributed by atoms with Crippen molar-refractivity contribution >= 4 is 23.6 Å². The molecular weight excluding hydrogens is 570 g/mol. The molecule has 2 aliphatic rings. The van der Waals surface area contributed by atoms with Crippen molar-refractivity contribution in [2.75, 3.05) is 19.7 Å². The highest BCUT2D eigenvalue weighted by Gasteiger charge is 2.31. The van der Waals surface area contributed by atoms with Crippen LogP contribution in [0.15, 0.2) is 48.5 Å². The topological polar surface area (TPSA) is 129 Å². The Morgan fingerprint density at radius 3 is 2.29 bits per heavy atom. The van der Waals surface area contributed by atoms with Gasteiger partial charge >= 0.3 is 0 Å². The highest BCUT2D eigenvalue weighted by atomic mass is 16.5. The Morgan fingerprint density at radius 1 is 0.911 bits per heavy atom. The normalized spacial score (nSPS) is 22.0. The number of amides is 4. The van der Waals surface area contributed by atoms with Crippen LogP contribution in [-0.4, -0.2) is 66.4 Å². The molecule has 4 rings (SSSR count). The van der Waals surface area contributed by atoms with Gasteiger partial charge in [0.05, 0.1) is 18.0 Å². The molecule has 0 unspecified atom stereocenters. The van der Waals surface area contributed by atoms with Gasteiger partial charge in [0, 0.05) is 13.1 Å². The first-order valence-electron chi connectivity index (χ1n) is 16.3. The van der Waals surface area contributed by atoms with Crippen LogP contribution >= 0.6 is 0 Å². The van der Waals surface area contributed by atoms with E-state index in [4.69, 9.17) is 4.74 Å². The number of hydrogen-bond acceptors (Lipinski definition) is 6. The smallest absolute Gasteiger partial charge is 0.255 e. The summed E-state index contributed by atoms with van der Waals surface area (Å²) in [5.74, 6) is -1.43. The van der Waals surface area contributed by atoms with Crippen molar-refractivity contribution in [3.05, 3.63) is 65.2 Å². The van der Waals surface area contributed by atoms with Crippen molar-refractivity contribution in [1.82, 2.24) is 26.2 Å². The van der Waals surface area contributed by atoms with Gasteiger partial charge in [0.2, 0.25) is 17.7 Å². The molecule has 10 nitrogen and oxygen atoms in total. The number of nitrogens with zero attached hydrogens (tertiary/aromatic N) is 1.